The molecule has 0 saturated carbocycles. The van der Waals surface area contributed by atoms with Gasteiger partial charge in [0.25, 0.3) is 0 Å². The van der Waals surface area contributed by atoms with Crippen LogP contribution in [0.3, 0.4) is 0 Å². The fraction of sp³-hybridized carbons (Fsp3) is 0.500. The van der Waals surface area contributed by atoms with E-state index in [9.17, 15) is 4.79 Å². The normalized spacial score (nSPS) is 12.5. The first kappa shape index (κ1) is 9.73. The molecule has 13 heavy (non-hydrogen) atoms. The van der Waals surface area contributed by atoms with Gasteiger partial charge < -0.3 is 10.4 Å². The van der Waals surface area contributed by atoms with Gasteiger partial charge in [0.05, 0.1) is 6.20 Å². The molecular formula is C8H13N3O2. The van der Waals surface area contributed by atoms with E-state index in [0.29, 0.717) is 6.54 Å². The summed E-state index contributed by atoms with van der Waals surface area (Å²) < 4.78 is 0. The molecule has 0 unspecified atom stereocenters. The molecule has 0 fully saturated rings. The quantitative estimate of drug-likeness (QED) is 0.602. The van der Waals surface area contributed by atoms with E-state index >= 15 is 0 Å². The fourth-order valence-electron chi connectivity index (χ4n) is 0.884. The molecular weight excluding hydrogens is 170 g/mol. The first-order valence-electron chi connectivity index (χ1n) is 4.06. The van der Waals surface area contributed by atoms with E-state index in [1.165, 1.54) is 6.92 Å². The predicted octanol–water partition coefficient (Wildman–Crippen LogP) is -0.285. The Bertz CT molecular complexity index is 293. The number of nitrogens with one attached hydrogen (secondary N) is 2. The van der Waals surface area contributed by atoms with Crippen molar-refractivity contribution in [3.8, 4) is 0 Å². The Labute approximate surface area is 76.2 Å². The molecule has 72 valence electrons. The molecule has 0 bridgehead atoms. The van der Waals surface area contributed by atoms with Gasteiger partial charge in [-0.25, -0.2) is 0 Å². The highest BCUT2D eigenvalue weighted by molar-refractivity contribution is 5.79. The number of aliphatic hydroxyl groups is 1. The lowest BCUT2D eigenvalue weighted by Crippen LogP contribution is -2.32. The molecule has 0 aromatic carbocycles. The number of aromatic nitrogens is 2. The lowest BCUT2D eigenvalue weighted by Gasteiger charge is -2.05. The second-order valence-electron chi connectivity index (χ2n) is 2.91. The summed E-state index contributed by atoms with van der Waals surface area (Å²) in [5.41, 5.74) is 1.85. The minimum absolute atomic E-state index is 0.374. The highest BCUT2D eigenvalue weighted by Crippen LogP contribution is 2.01. The third-order valence-electron chi connectivity index (χ3n) is 1.77. The van der Waals surface area contributed by atoms with Gasteiger partial charge in [-0.05, 0) is 13.8 Å². The molecule has 1 aromatic heterocycles. The minimum atomic E-state index is -0.966. The van der Waals surface area contributed by atoms with Crippen molar-refractivity contribution in [2.24, 2.45) is 0 Å². The molecule has 3 N–H and O–H groups in total. The largest absolute Gasteiger partial charge is 0.384 e. The van der Waals surface area contributed by atoms with Crippen LogP contribution in [0, 0.1) is 6.92 Å². The molecule has 0 radical (unpaired) electrons. The molecule has 0 saturated heterocycles. The number of carbonyl (C=O) groups is 1. The molecule has 1 amide bonds. The third-order valence-corrected chi connectivity index (χ3v) is 1.77. The van der Waals surface area contributed by atoms with E-state index in [1.54, 1.807) is 6.20 Å². The van der Waals surface area contributed by atoms with E-state index in [1.807, 2.05) is 6.92 Å². The lowest BCUT2D eigenvalue weighted by atomic mass is 10.2. The Hall–Kier alpha value is -1.36. The molecule has 5 heteroatoms. The zero-order chi connectivity index (χ0) is 9.84. The summed E-state index contributed by atoms with van der Waals surface area (Å²) in [7, 11) is 0. The average molecular weight is 183 g/mol. The SMILES string of the molecule is Cc1[nH]ncc1CNC(=O)[C@@H](C)O. The summed E-state index contributed by atoms with van der Waals surface area (Å²) in [5.74, 6) is -0.374. The molecule has 0 aliphatic rings. The number of hydrogen-bond acceptors (Lipinski definition) is 3. The van der Waals surface area contributed by atoms with Crippen LogP contribution in [-0.4, -0.2) is 27.3 Å². The van der Waals surface area contributed by atoms with E-state index in [2.05, 4.69) is 15.5 Å². The van der Waals surface area contributed by atoms with Crippen molar-refractivity contribution in [2.45, 2.75) is 26.5 Å². The molecule has 1 heterocycles. The number of aliphatic hydroxyl groups excluding tert-OH is 1. The van der Waals surface area contributed by atoms with Gasteiger partial charge in [0.2, 0.25) is 5.91 Å². The fourth-order valence-corrected chi connectivity index (χ4v) is 0.884. The Kier molecular flexibility index (Phi) is 3.02. The molecule has 1 rings (SSSR count). The highest BCUT2D eigenvalue weighted by atomic mass is 16.3. The number of hydrogen-bond donors (Lipinski definition) is 3. The predicted molar refractivity (Wildman–Crippen MR) is 46.9 cm³/mol. The van der Waals surface area contributed by atoms with Crippen molar-refractivity contribution < 1.29 is 9.90 Å². The number of nitrogens with zero attached hydrogens (tertiary/aromatic N) is 1. The number of aryl methyl sites for hydroxylation is 1. The molecule has 0 aliphatic carbocycles. The standard InChI is InChI=1S/C8H13N3O2/c1-5-7(4-10-11-5)3-9-8(13)6(2)12/h4,6,12H,3H2,1-2H3,(H,9,13)(H,10,11)/t6-/m1/s1. The van der Waals surface area contributed by atoms with Crippen molar-refractivity contribution in [2.75, 3.05) is 0 Å². The highest BCUT2D eigenvalue weighted by Gasteiger charge is 2.08. The van der Waals surface area contributed by atoms with Crippen molar-refractivity contribution >= 4 is 5.91 Å². The Morgan fingerprint density at radius 3 is 3.00 bits per heavy atom. The van der Waals surface area contributed by atoms with Crippen LogP contribution >= 0.6 is 0 Å². The molecule has 1 aromatic rings. The second-order valence-corrected chi connectivity index (χ2v) is 2.91. The molecule has 0 spiro atoms. The van der Waals surface area contributed by atoms with Crippen LogP contribution in [0.2, 0.25) is 0 Å². The molecule has 5 nitrogen and oxygen atoms in total. The van der Waals surface area contributed by atoms with Gasteiger partial charge in [-0.2, -0.15) is 5.10 Å². The maximum atomic E-state index is 11.0. The van der Waals surface area contributed by atoms with E-state index < -0.39 is 6.10 Å². The molecule has 0 aliphatic heterocycles. The van der Waals surface area contributed by atoms with Crippen LogP contribution in [0.5, 0.6) is 0 Å². The van der Waals surface area contributed by atoms with Crippen LogP contribution < -0.4 is 5.32 Å². The Balaban J connectivity index is 2.44. The van der Waals surface area contributed by atoms with Crippen LogP contribution in [0.4, 0.5) is 0 Å². The zero-order valence-corrected chi connectivity index (χ0v) is 7.66. The number of rotatable bonds is 3. The topological polar surface area (TPSA) is 78.0 Å². The van der Waals surface area contributed by atoms with Gasteiger partial charge in [0.15, 0.2) is 0 Å². The van der Waals surface area contributed by atoms with Crippen LogP contribution in [-0.2, 0) is 11.3 Å². The van der Waals surface area contributed by atoms with E-state index in [0.717, 1.165) is 11.3 Å². The van der Waals surface area contributed by atoms with Crippen molar-refractivity contribution in [1.82, 2.24) is 15.5 Å². The summed E-state index contributed by atoms with van der Waals surface area (Å²) in [6.45, 7) is 3.69. The maximum absolute atomic E-state index is 11.0. The summed E-state index contributed by atoms with van der Waals surface area (Å²) in [6.07, 6.45) is 0.685. The second kappa shape index (κ2) is 4.04. The van der Waals surface area contributed by atoms with E-state index in [-0.39, 0.29) is 5.91 Å². The maximum Gasteiger partial charge on any atom is 0.248 e. The van der Waals surface area contributed by atoms with Gasteiger partial charge in [0, 0.05) is 17.8 Å². The van der Waals surface area contributed by atoms with Crippen molar-refractivity contribution in [3.05, 3.63) is 17.5 Å². The number of H-pyrrole nitrogens is 1. The van der Waals surface area contributed by atoms with Gasteiger partial charge in [-0.3, -0.25) is 9.89 Å². The number of amides is 1. The van der Waals surface area contributed by atoms with Gasteiger partial charge in [0.1, 0.15) is 6.10 Å². The summed E-state index contributed by atoms with van der Waals surface area (Å²) in [5, 5.41) is 18.0. The lowest BCUT2D eigenvalue weighted by molar-refractivity contribution is -0.128. The summed E-state index contributed by atoms with van der Waals surface area (Å²) >= 11 is 0. The van der Waals surface area contributed by atoms with Crippen molar-refractivity contribution in [3.63, 3.8) is 0 Å². The van der Waals surface area contributed by atoms with Gasteiger partial charge in [-0.15, -0.1) is 0 Å². The first-order valence-corrected chi connectivity index (χ1v) is 4.06. The molecule has 1 atom stereocenters. The first-order chi connectivity index (χ1) is 6.11. The number of aromatic amines is 1. The summed E-state index contributed by atoms with van der Waals surface area (Å²) in [4.78, 5) is 11.0. The van der Waals surface area contributed by atoms with E-state index in [4.69, 9.17) is 5.11 Å². The minimum Gasteiger partial charge on any atom is -0.384 e. The zero-order valence-electron chi connectivity index (χ0n) is 7.66. The smallest absolute Gasteiger partial charge is 0.248 e. The van der Waals surface area contributed by atoms with Crippen molar-refractivity contribution in [1.29, 1.82) is 0 Å². The average Bonchev–Trinajstić information content (AvgIpc) is 2.47. The van der Waals surface area contributed by atoms with Crippen LogP contribution in [0.1, 0.15) is 18.2 Å². The Morgan fingerprint density at radius 2 is 2.54 bits per heavy atom. The Morgan fingerprint density at radius 1 is 1.85 bits per heavy atom. The van der Waals surface area contributed by atoms with Gasteiger partial charge in [-0.1, -0.05) is 0 Å². The van der Waals surface area contributed by atoms with Crippen LogP contribution in [0.15, 0.2) is 6.20 Å². The summed E-state index contributed by atoms with van der Waals surface area (Å²) in [6, 6.07) is 0. The van der Waals surface area contributed by atoms with Gasteiger partial charge >= 0.3 is 0 Å². The monoisotopic (exact) mass is 183 g/mol. The third kappa shape index (κ3) is 2.55. The number of carbonyl (C=O) groups excluding carboxylic acids is 1. The van der Waals surface area contributed by atoms with Crippen LogP contribution in [0.25, 0.3) is 0 Å².